The Kier molecular flexibility index (Phi) is 4.95. The van der Waals surface area contributed by atoms with Crippen LogP contribution in [0.3, 0.4) is 0 Å². The molecule has 1 aromatic carbocycles. The smallest absolute Gasteiger partial charge is 0.260 e. The van der Waals surface area contributed by atoms with Gasteiger partial charge < -0.3 is 15.3 Å². The van der Waals surface area contributed by atoms with Crippen LogP contribution in [0.1, 0.15) is 30.1 Å². The Balaban J connectivity index is 2.12. The minimum Gasteiger partial charge on any atom is -0.507 e. The lowest BCUT2D eigenvalue weighted by Gasteiger charge is -2.29. The van der Waals surface area contributed by atoms with Crippen molar-refractivity contribution in [1.29, 1.82) is 0 Å². The normalized spacial score (nSPS) is 18.8. The van der Waals surface area contributed by atoms with Crippen molar-refractivity contribution in [3.8, 4) is 5.75 Å². The number of carbonyl (C=O) groups is 1. The molecule has 1 saturated heterocycles. The van der Waals surface area contributed by atoms with E-state index in [9.17, 15) is 14.3 Å². The molecule has 0 aromatic heterocycles. The molecule has 0 radical (unpaired) electrons. The number of hydrogen-bond donors (Lipinski definition) is 2. The van der Waals surface area contributed by atoms with Crippen molar-refractivity contribution in [2.75, 3.05) is 26.2 Å². The molecule has 1 aromatic rings. The fourth-order valence-electron chi connectivity index (χ4n) is 2.63. The average Bonchev–Trinajstić information content (AvgIpc) is 2.45. The van der Waals surface area contributed by atoms with Gasteiger partial charge in [-0.25, -0.2) is 4.39 Å². The second-order valence-electron chi connectivity index (χ2n) is 5.19. The first kappa shape index (κ1) is 14.8. The van der Waals surface area contributed by atoms with Gasteiger partial charge in [0.25, 0.3) is 5.91 Å². The maximum Gasteiger partial charge on any atom is 0.260 e. The maximum atomic E-state index is 13.8. The summed E-state index contributed by atoms with van der Waals surface area (Å²) < 4.78 is 13.8. The number of carbonyl (C=O) groups excluding carboxylic acids is 1. The van der Waals surface area contributed by atoms with Crippen molar-refractivity contribution in [3.05, 3.63) is 29.6 Å². The van der Waals surface area contributed by atoms with Gasteiger partial charge in [-0.15, -0.1) is 0 Å². The third kappa shape index (κ3) is 3.28. The number of phenolic OH excluding ortho intramolecular Hbond substituents is 1. The van der Waals surface area contributed by atoms with E-state index < -0.39 is 11.7 Å². The van der Waals surface area contributed by atoms with Crippen LogP contribution in [0, 0.1) is 11.7 Å². The van der Waals surface area contributed by atoms with Crippen molar-refractivity contribution < 1.29 is 14.3 Å². The quantitative estimate of drug-likeness (QED) is 0.887. The second kappa shape index (κ2) is 6.70. The first-order valence-electron chi connectivity index (χ1n) is 7.11. The fourth-order valence-corrected chi connectivity index (χ4v) is 2.63. The molecule has 0 spiro atoms. The van der Waals surface area contributed by atoms with Gasteiger partial charge in [-0.1, -0.05) is 6.07 Å². The van der Waals surface area contributed by atoms with E-state index in [2.05, 4.69) is 5.32 Å². The number of piperidine rings is 1. The van der Waals surface area contributed by atoms with Crippen LogP contribution in [-0.2, 0) is 0 Å². The molecule has 2 rings (SSSR count). The number of hydrogen-bond acceptors (Lipinski definition) is 3. The van der Waals surface area contributed by atoms with E-state index in [0.717, 1.165) is 25.9 Å². The Morgan fingerprint density at radius 3 is 2.95 bits per heavy atom. The summed E-state index contributed by atoms with van der Waals surface area (Å²) in [5, 5.41) is 13.0. The molecule has 0 aliphatic carbocycles. The molecule has 1 heterocycles. The Bertz CT molecular complexity index is 453. The summed E-state index contributed by atoms with van der Waals surface area (Å²) in [5.74, 6) is -1.01. The Labute approximate surface area is 118 Å². The number of phenols is 1. The van der Waals surface area contributed by atoms with Crippen LogP contribution >= 0.6 is 0 Å². The third-order valence-corrected chi connectivity index (χ3v) is 3.75. The molecule has 110 valence electrons. The summed E-state index contributed by atoms with van der Waals surface area (Å²) in [6, 6.07) is 3.93. The standard InChI is InChI=1S/C15H21FN2O2/c1-2-18(10-11-5-4-8-17-9-11)15(20)14-12(16)6-3-7-13(14)19/h3,6-7,11,17,19H,2,4-5,8-10H2,1H3. The molecule has 1 amide bonds. The highest BCUT2D eigenvalue weighted by Crippen LogP contribution is 2.22. The van der Waals surface area contributed by atoms with Crippen molar-refractivity contribution >= 4 is 5.91 Å². The minimum atomic E-state index is -0.671. The van der Waals surface area contributed by atoms with Crippen LogP contribution in [0.5, 0.6) is 5.75 Å². The summed E-state index contributed by atoms with van der Waals surface area (Å²) in [6.07, 6.45) is 2.17. The molecular weight excluding hydrogens is 259 g/mol. The zero-order valence-corrected chi connectivity index (χ0v) is 11.7. The van der Waals surface area contributed by atoms with Gasteiger partial charge >= 0.3 is 0 Å². The van der Waals surface area contributed by atoms with Gasteiger partial charge in [0.2, 0.25) is 0 Å². The highest BCUT2D eigenvalue weighted by atomic mass is 19.1. The molecule has 0 saturated carbocycles. The number of amides is 1. The van der Waals surface area contributed by atoms with Crippen LogP contribution < -0.4 is 5.32 Å². The highest BCUT2D eigenvalue weighted by Gasteiger charge is 2.24. The van der Waals surface area contributed by atoms with Crippen molar-refractivity contribution in [2.45, 2.75) is 19.8 Å². The van der Waals surface area contributed by atoms with Gasteiger partial charge in [-0.2, -0.15) is 0 Å². The average molecular weight is 280 g/mol. The Morgan fingerprint density at radius 1 is 1.55 bits per heavy atom. The molecule has 1 aliphatic heterocycles. The SMILES string of the molecule is CCN(CC1CCCNC1)C(=O)c1c(O)cccc1F. The lowest BCUT2D eigenvalue weighted by Crippen LogP contribution is -2.41. The Morgan fingerprint density at radius 2 is 2.35 bits per heavy atom. The first-order chi connectivity index (χ1) is 9.63. The molecule has 2 N–H and O–H groups in total. The van der Waals surface area contributed by atoms with E-state index in [0.29, 0.717) is 19.0 Å². The van der Waals surface area contributed by atoms with Gasteiger partial charge in [-0.05, 0) is 50.9 Å². The van der Waals surface area contributed by atoms with Crippen molar-refractivity contribution in [3.63, 3.8) is 0 Å². The summed E-state index contributed by atoms with van der Waals surface area (Å²) >= 11 is 0. The van der Waals surface area contributed by atoms with E-state index in [1.165, 1.54) is 18.2 Å². The van der Waals surface area contributed by atoms with E-state index in [1.54, 1.807) is 4.90 Å². The van der Waals surface area contributed by atoms with Crippen LogP contribution in [0.15, 0.2) is 18.2 Å². The van der Waals surface area contributed by atoms with Gasteiger partial charge in [0, 0.05) is 13.1 Å². The number of halogens is 1. The van der Waals surface area contributed by atoms with Crippen LogP contribution in [-0.4, -0.2) is 42.1 Å². The van der Waals surface area contributed by atoms with Gasteiger partial charge in [0.05, 0.1) is 0 Å². The molecule has 4 nitrogen and oxygen atoms in total. The van der Waals surface area contributed by atoms with E-state index in [1.807, 2.05) is 6.92 Å². The van der Waals surface area contributed by atoms with E-state index >= 15 is 0 Å². The molecule has 20 heavy (non-hydrogen) atoms. The summed E-state index contributed by atoms with van der Waals surface area (Å²) in [5.41, 5.74) is -0.224. The van der Waals surface area contributed by atoms with Crippen molar-refractivity contribution in [1.82, 2.24) is 10.2 Å². The number of aromatic hydroxyl groups is 1. The molecule has 0 bridgehead atoms. The topological polar surface area (TPSA) is 52.6 Å². The lowest BCUT2D eigenvalue weighted by atomic mass is 9.98. The molecule has 1 atom stereocenters. The fraction of sp³-hybridized carbons (Fsp3) is 0.533. The van der Waals surface area contributed by atoms with Gasteiger partial charge in [0.1, 0.15) is 17.1 Å². The molecule has 5 heteroatoms. The van der Waals surface area contributed by atoms with Crippen LogP contribution in [0.25, 0.3) is 0 Å². The maximum absolute atomic E-state index is 13.8. The summed E-state index contributed by atoms with van der Waals surface area (Å²) in [6.45, 7) is 4.86. The highest BCUT2D eigenvalue weighted by molar-refractivity contribution is 5.97. The van der Waals surface area contributed by atoms with Crippen LogP contribution in [0.2, 0.25) is 0 Å². The zero-order chi connectivity index (χ0) is 14.5. The molecule has 1 unspecified atom stereocenters. The van der Waals surface area contributed by atoms with E-state index in [-0.39, 0.29) is 11.3 Å². The predicted octanol–water partition coefficient (Wildman–Crippen LogP) is 1.99. The van der Waals surface area contributed by atoms with Gasteiger partial charge in [-0.3, -0.25) is 4.79 Å². The number of benzene rings is 1. The summed E-state index contributed by atoms with van der Waals surface area (Å²) in [4.78, 5) is 14.0. The number of rotatable bonds is 4. The predicted molar refractivity (Wildman–Crippen MR) is 75.2 cm³/mol. The van der Waals surface area contributed by atoms with Gasteiger partial charge in [0.15, 0.2) is 0 Å². The molecular formula is C15H21FN2O2. The largest absolute Gasteiger partial charge is 0.507 e. The zero-order valence-electron chi connectivity index (χ0n) is 11.7. The molecule has 1 fully saturated rings. The first-order valence-corrected chi connectivity index (χ1v) is 7.11. The second-order valence-corrected chi connectivity index (χ2v) is 5.19. The van der Waals surface area contributed by atoms with Crippen LogP contribution in [0.4, 0.5) is 4.39 Å². The summed E-state index contributed by atoms with van der Waals surface area (Å²) in [7, 11) is 0. The van der Waals surface area contributed by atoms with Crippen molar-refractivity contribution in [2.24, 2.45) is 5.92 Å². The number of nitrogens with one attached hydrogen (secondary N) is 1. The monoisotopic (exact) mass is 280 g/mol. The third-order valence-electron chi connectivity index (χ3n) is 3.75. The lowest BCUT2D eigenvalue weighted by molar-refractivity contribution is 0.0721. The number of nitrogens with zero attached hydrogens (tertiary/aromatic N) is 1. The molecule has 1 aliphatic rings. The Hall–Kier alpha value is -1.62. The minimum absolute atomic E-state index is 0.224. The van der Waals surface area contributed by atoms with E-state index in [4.69, 9.17) is 0 Å².